The molecule has 106 valence electrons. The average molecular weight is 280 g/mol. The van der Waals surface area contributed by atoms with Crippen LogP contribution in [-0.2, 0) is 0 Å². The lowest BCUT2D eigenvalue weighted by atomic mass is 10.1. The van der Waals surface area contributed by atoms with E-state index in [0.717, 1.165) is 16.8 Å². The quantitative estimate of drug-likeness (QED) is 0.741. The fourth-order valence-electron chi connectivity index (χ4n) is 1.78. The molecule has 0 atom stereocenters. The van der Waals surface area contributed by atoms with Crippen LogP contribution >= 0.6 is 0 Å². The molecule has 0 aliphatic carbocycles. The van der Waals surface area contributed by atoms with Gasteiger partial charge in [-0.05, 0) is 36.8 Å². The van der Waals surface area contributed by atoms with Crippen molar-refractivity contribution in [3.05, 3.63) is 59.7 Å². The summed E-state index contributed by atoms with van der Waals surface area (Å²) in [6.45, 7) is 1.71. The summed E-state index contributed by atoms with van der Waals surface area (Å²) in [6, 6.07) is 14.4. The minimum atomic E-state index is -0.309. The number of nitrogens with one attached hydrogen (secondary N) is 2. The maximum atomic E-state index is 12.0. The molecule has 4 nitrogen and oxygen atoms in total. The first kappa shape index (κ1) is 14.6. The van der Waals surface area contributed by atoms with Gasteiger partial charge in [-0.25, -0.2) is 4.79 Å². The molecule has 0 heterocycles. The highest BCUT2D eigenvalue weighted by Crippen LogP contribution is 2.17. The van der Waals surface area contributed by atoms with E-state index in [9.17, 15) is 4.79 Å². The van der Waals surface area contributed by atoms with Crippen molar-refractivity contribution >= 4 is 17.4 Å². The number of amides is 2. The first-order chi connectivity index (χ1) is 10.2. The van der Waals surface area contributed by atoms with Gasteiger partial charge in [-0.3, -0.25) is 0 Å². The van der Waals surface area contributed by atoms with Gasteiger partial charge in [-0.15, -0.1) is 0 Å². The molecule has 21 heavy (non-hydrogen) atoms. The van der Waals surface area contributed by atoms with Crippen LogP contribution in [0.1, 0.15) is 11.1 Å². The largest absolute Gasteiger partial charge is 0.384 e. The number of urea groups is 1. The van der Waals surface area contributed by atoms with Crippen LogP contribution in [0.3, 0.4) is 0 Å². The van der Waals surface area contributed by atoms with Crippen molar-refractivity contribution in [3.8, 4) is 11.8 Å². The van der Waals surface area contributed by atoms with Crippen molar-refractivity contribution in [1.29, 1.82) is 0 Å². The van der Waals surface area contributed by atoms with Gasteiger partial charge in [0.2, 0.25) is 0 Å². The van der Waals surface area contributed by atoms with E-state index in [2.05, 4.69) is 22.5 Å². The molecule has 0 unspecified atom stereocenters. The van der Waals surface area contributed by atoms with E-state index in [1.165, 1.54) is 0 Å². The zero-order valence-electron chi connectivity index (χ0n) is 11.7. The zero-order valence-corrected chi connectivity index (χ0v) is 11.7. The number of hydrogen-bond acceptors (Lipinski definition) is 2. The molecule has 0 saturated heterocycles. The second kappa shape index (κ2) is 7.13. The van der Waals surface area contributed by atoms with E-state index < -0.39 is 0 Å². The highest BCUT2D eigenvalue weighted by Gasteiger charge is 2.05. The number of benzene rings is 2. The van der Waals surface area contributed by atoms with Gasteiger partial charge in [-0.1, -0.05) is 36.1 Å². The molecule has 3 N–H and O–H groups in total. The van der Waals surface area contributed by atoms with E-state index in [1.807, 2.05) is 49.4 Å². The van der Waals surface area contributed by atoms with Crippen LogP contribution < -0.4 is 10.6 Å². The minimum absolute atomic E-state index is 0.189. The summed E-state index contributed by atoms with van der Waals surface area (Å²) in [6.07, 6.45) is 0. The third-order valence-corrected chi connectivity index (χ3v) is 2.83. The summed E-state index contributed by atoms with van der Waals surface area (Å²) in [5.74, 6) is 5.39. The second-order valence-electron chi connectivity index (χ2n) is 4.43. The monoisotopic (exact) mass is 280 g/mol. The van der Waals surface area contributed by atoms with Crippen LogP contribution in [0.2, 0.25) is 0 Å². The van der Waals surface area contributed by atoms with Gasteiger partial charge >= 0.3 is 6.03 Å². The molecule has 0 bridgehead atoms. The number of aliphatic hydroxyl groups excluding tert-OH is 1. The SMILES string of the molecule is Cc1ccc(C#CCO)cc1NC(=O)Nc1ccccc1. The maximum Gasteiger partial charge on any atom is 0.323 e. The topological polar surface area (TPSA) is 61.4 Å². The molecule has 4 heteroatoms. The van der Waals surface area contributed by atoms with Gasteiger partial charge in [0, 0.05) is 16.9 Å². The number of anilines is 2. The average Bonchev–Trinajstić information content (AvgIpc) is 2.49. The van der Waals surface area contributed by atoms with Crippen molar-refractivity contribution in [2.45, 2.75) is 6.92 Å². The Balaban J connectivity index is 2.09. The summed E-state index contributed by atoms with van der Waals surface area (Å²) < 4.78 is 0. The minimum Gasteiger partial charge on any atom is -0.384 e. The summed E-state index contributed by atoms with van der Waals surface area (Å²) in [4.78, 5) is 12.0. The van der Waals surface area contributed by atoms with E-state index in [1.54, 1.807) is 6.07 Å². The van der Waals surface area contributed by atoms with Crippen LogP contribution in [0.5, 0.6) is 0 Å². The lowest BCUT2D eigenvalue weighted by Gasteiger charge is -2.10. The van der Waals surface area contributed by atoms with E-state index in [0.29, 0.717) is 5.69 Å². The summed E-state index contributed by atoms with van der Waals surface area (Å²) in [5.41, 5.74) is 3.09. The Morgan fingerprint density at radius 3 is 2.62 bits per heavy atom. The van der Waals surface area contributed by atoms with Crippen molar-refractivity contribution in [2.75, 3.05) is 17.2 Å². The molecule has 0 aliphatic rings. The van der Waals surface area contributed by atoms with Crippen molar-refractivity contribution < 1.29 is 9.90 Å². The molecule has 0 saturated carbocycles. The van der Waals surface area contributed by atoms with E-state index >= 15 is 0 Å². The number of hydrogen-bond donors (Lipinski definition) is 3. The second-order valence-corrected chi connectivity index (χ2v) is 4.43. The number of rotatable bonds is 2. The molecule has 0 aliphatic heterocycles. The highest BCUT2D eigenvalue weighted by atomic mass is 16.2. The van der Waals surface area contributed by atoms with Gasteiger partial charge in [0.15, 0.2) is 0 Å². The fourth-order valence-corrected chi connectivity index (χ4v) is 1.78. The zero-order chi connectivity index (χ0) is 15.1. The molecule has 2 amide bonds. The Hall–Kier alpha value is -2.77. The summed E-state index contributed by atoms with van der Waals surface area (Å²) in [5, 5.41) is 14.3. The molecule has 0 spiro atoms. The summed E-state index contributed by atoms with van der Waals surface area (Å²) in [7, 11) is 0. The van der Waals surface area contributed by atoms with Gasteiger partial charge in [0.25, 0.3) is 0 Å². The lowest BCUT2D eigenvalue weighted by molar-refractivity contribution is 0.262. The molecule has 2 aromatic rings. The highest BCUT2D eigenvalue weighted by molar-refractivity contribution is 6.00. The van der Waals surface area contributed by atoms with Gasteiger partial charge in [0.1, 0.15) is 6.61 Å². The van der Waals surface area contributed by atoms with Gasteiger partial charge in [-0.2, -0.15) is 0 Å². The standard InChI is InChI=1S/C17H16N2O2/c1-13-9-10-14(6-5-11-20)12-16(13)19-17(21)18-15-7-3-2-4-8-15/h2-4,7-10,12,20H,11H2,1H3,(H2,18,19,21). The molecule has 0 fully saturated rings. The normalized spacial score (nSPS) is 9.43. The Morgan fingerprint density at radius 1 is 1.14 bits per heavy atom. The summed E-state index contributed by atoms with van der Waals surface area (Å²) >= 11 is 0. The van der Waals surface area contributed by atoms with E-state index in [4.69, 9.17) is 5.11 Å². The number of carbonyl (C=O) groups is 1. The van der Waals surface area contributed by atoms with Crippen LogP contribution in [0.15, 0.2) is 48.5 Å². The van der Waals surface area contributed by atoms with Gasteiger partial charge in [0.05, 0.1) is 0 Å². The Bertz CT molecular complexity index is 685. The third kappa shape index (κ3) is 4.37. The predicted molar refractivity (Wildman–Crippen MR) is 84.2 cm³/mol. The first-order valence-electron chi connectivity index (χ1n) is 6.52. The lowest BCUT2D eigenvalue weighted by Crippen LogP contribution is -2.19. The number of carbonyl (C=O) groups excluding carboxylic acids is 1. The number of aliphatic hydroxyl groups is 1. The first-order valence-corrected chi connectivity index (χ1v) is 6.52. The maximum absolute atomic E-state index is 12.0. The van der Waals surface area contributed by atoms with Crippen LogP contribution in [-0.4, -0.2) is 17.7 Å². The molecular formula is C17H16N2O2. The Labute approximate surface area is 123 Å². The Morgan fingerprint density at radius 2 is 1.90 bits per heavy atom. The molecule has 0 radical (unpaired) electrons. The molecule has 0 aromatic heterocycles. The number of aryl methyl sites for hydroxylation is 1. The van der Waals surface area contributed by atoms with Crippen LogP contribution in [0, 0.1) is 18.8 Å². The van der Waals surface area contributed by atoms with Crippen molar-refractivity contribution in [1.82, 2.24) is 0 Å². The van der Waals surface area contributed by atoms with Gasteiger partial charge < -0.3 is 15.7 Å². The number of para-hydroxylation sites is 1. The third-order valence-electron chi connectivity index (χ3n) is 2.83. The smallest absolute Gasteiger partial charge is 0.323 e. The molecular weight excluding hydrogens is 264 g/mol. The van der Waals surface area contributed by atoms with Crippen molar-refractivity contribution in [2.24, 2.45) is 0 Å². The van der Waals surface area contributed by atoms with Crippen molar-refractivity contribution in [3.63, 3.8) is 0 Å². The van der Waals surface area contributed by atoms with Crippen LogP contribution in [0.25, 0.3) is 0 Å². The molecule has 2 aromatic carbocycles. The molecule has 2 rings (SSSR count). The predicted octanol–water partition coefficient (Wildman–Crippen LogP) is 2.98. The fraction of sp³-hybridized carbons (Fsp3) is 0.118. The van der Waals surface area contributed by atoms with Crippen LogP contribution in [0.4, 0.5) is 16.2 Å². The van der Waals surface area contributed by atoms with E-state index in [-0.39, 0.29) is 12.6 Å². The Kier molecular flexibility index (Phi) is 4.97.